The highest BCUT2D eigenvalue weighted by Crippen LogP contribution is 2.17. The summed E-state index contributed by atoms with van der Waals surface area (Å²) in [4.78, 5) is 12.1. The van der Waals surface area contributed by atoms with Crippen molar-refractivity contribution in [2.24, 2.45) is 0 Å². The van der Waals surface area contributed by atoms with E-state index in [0.717, 1.165) is 10.0 Å². The number of nitrogens with one attached hydrogen (secondary N) is 1. The summed E-state index contributed by atoms with van der Waals surface area (Å²) >= 11 is 3.37. The predicted octanol–water partition coefficient (Wildman–Crippen LogP) is 4.39. The first-order valence-corrected chi connectivity index (χ1v) is 7.09. The molecule has 1 amide bonds. The van der Waals surface area contributed by atoms with E-state index in [4.69, 9.17) is 0 Å². The average molecular weight is 336 g/mol. The van der Waals surface area contributed by atoms with Crippen LogP contribution in [0.5, 0.6) is 0 Å². The number of aryl methyl sites for hydroxylation is 1. The summed E-state index contributed by atoms with van der Waals surface area (Å²) in [5.41, 5.74) is 1.95. The second kappa shape index (κ2) is 6.18. The molecule has 0 aliphatic rings. The summed E-state index contributed by atoms with van der Waals surface area (Å²) in [5.74, 6) is -0.508. The Morgan fingerprint density at radius 3 is 2.45 bits per heavy atom. The molecule has 1 atom stereocenters. The Labute approximate surface area is 126 Å². The Morgan fingerprint density at radius 2 is 1.85 bits per heavy atom. The van der Waals surface area contributed by atoms with E-state index in [2.05, 4.69) is 21.2 Å². The largest absolute Gasteiger partial charge is 0.346 e. The van der Waals surface area contributed by atoms with E-state index < -0.39 is 0 Å². The van der Waals surface area contributed by atoms with Gasteiger partial charge in [-0.3, -0.25) is 4.79 Å². The van der Waals surface area contributed by atoms with Gasteiger partial charge in [-0.1, -0.05) is 28.1 Å². The number of hydrogen-bond donors (Lipinski definition) is 1. The quantitative estimate of drug-likeness (QED) is 0.885. The molecule has 0 spiro atoms. The molecule has 0 aliphatic carbocycles. The normalized spacial score (nSPS) is 12.0. The van der Waals surface area contributed by atoms with Gasteiger partial charge in [0.25, 0.3) is 5.91 Å². The summed E-state index contributed by atoms with van der Waals surface area (Å²) in [6, 6.07) is 12.0. The Bertz CT molecular complexity index is 625. The zero-order valence-corrected chi connectivity index (χ0v) is 12.9. The number of carbonyl (C=O) groups is 1. The molecular formula is C16H15BrFNO. The van der Waals surface area contributed by atoms with Crippen molar-refractivity contribution in [1.82, 2.24) is 5.32 Å². The van der Waals surface area contributed by atoms with E-state index >= 15 is 0 Å². The lowest BCUT2D eigenvalue weighted by Crippen LogP contribution is -2.26. The van der Waals surface area contributed by atoms with Crippen molar-refractivity contribution < 1.29 is 9.18 Å². The van der Waals surface area contributed by atoms with E-state index in [1.807, 2.05) is 31.2 Å². The van der Waals surface area contributed by atoms with Crippen molar-refractivity contribution >= 4 is 21.8 Å². The van der Waals surface area contributed by atoms with Gasteiger partial charge in [-0.25, -0.2) is 4.39 Å². The van der Waals surface area contributed by atoms with Crippen LogP contribution in [0, 0.1) is 12.7 Å². The molecule has 1 N–H and O–H groups in total. The first-order valence-electron chi connectivity index (χ1n) is 6.30. The second-order valence-electron chi connectivity index (χ2n) is 4.71. The van der Waals surface area contributed by atoms with Crippen molar-refractivity contribution in [3.8, 4) is 0 Å². The van der Waals surface area contributed by atoms with Gasteiger partial charge >= 0.3 is 0 Å². The van der Waals surface area contributed by atoms with Gasteiger partial charge in [-0.15, -0.1) is 0 Å². The number of hydrogen-bond acceptors (Lipinski definition) is 1. The third-order valence-electron chi connectivity index (χ3n) is 3.14. The van der Waals surface area contributed by atoms with Crippen LogP contribution in [0.4, 0.5) is 4.39 Å². The zero-order valence-electron chi connectivity index (χ0n) is 11.3. The van der Waals surface area contributed by atoms with Crippen molar-refractivity contribution in [2.75, 3.05) is 0 Å². The smallest absolute Gasteiger partial charge is 0.251 e. The average Bonchev–Trinajstić information content (AvgIpc) is 2.42. The molecule has 2 aromatic rings. The Morgan fingerprint density at radius 1 is 1.20 bits per heavy atom. The maximum absolute atomic E-state index is 13.2. The first-order chi connectivity index (χ1) is 9.47. The Balaban J connectivity index is 2.10. The summed E-state index contributed by atoms with van der Waals surface area (Å²) in [7, 11) is 0. The lowest BCUT2D eigenvalue weighted by molar-refractivity contribution is 0.0939. The summed E-state index contributed by atoms with van der Waals surface area (Å²) in [6.07, 6.45) is 0. The third-order valence-corrected chi connectivity index (χ3v) is 3.67. The molecule has 2 nitrogen and oxygen atoms in total. The molecule has 0 aromatic heterocycles. The number of carbonyl (C=O) groups excluding carboxylic acids is 1. The van der Waals surface area contributed by atoms with Gasteiger partial charge < -0.3 is 5.32 Å². The highest BCUT2D eigenvalue weighted by Gasteiger charge is 2.12. The van der Waals surface area contributed by atoms with Gasteiger partial charge in [-0.05, 0) is 55.3 Å². The molecule has 0 radical (unpaired) electrons. The van der Waals surface area contributed by atoms with Crippen LogP contribution in [0.2, 0.25) is 0 Å². The lowest BCUT2D eigenvalue weighted by Gasteiger charge is -2.14. The fourth-order valence-electron chi connectivity index (χ4n) is 1.90. The molecule has 0 aliphatic heterocycles. The molecule has 4 heteroatoms. The van der Waals surface area contributed by atoms with E-state index in [1.165, 1.54) is 12.1 Å². The molecule has 2 rings (SSSR count). The summed E-state index contributed by atoms with van der Waals surface area (Å²) in [6.45, 7) is 3.56. The maximum atomic E-state index is 13.2. The van der Waals surface area contributed by atoms with Crippen LogP contribution in [0.25, 0.3) is 0 Å². The number of rotatable bonds is 3. The van der Waals surface area contributed by atoms with Gasteiger partial charge in [0, 0.05) is 10.0 Å². The predicted molar refractivity (Wildman–Crippen MR) is 81.2 cm³/mol. The highest BCUT2D eigenvalue weighted by atomic mass is 79.9. The summed E-state index contributed by atoms with van der Waals surface area (Å²) < 4.78 is 14.2. The van der Waals surface area contributed by atoms with Gasteiger partial charge in [0.2, 0.25) is 0 Å². The fourth-order valence-corrected chi connectivity index (χ4v) is 2.17. The SMILES string of the molecule is Cc1cc(C(=O)N[C@H](C)c2ccc(Br)cc2)ccc1F. The van der Waals surface area contributed by atoms with Crippen LogP contribution in [0.3, 0.4) is 0 Å². The van der Waals surface area contributed by atoms with Crippen LogP contribution in [0.15, 0.2) is 46.9 Å². The molecular weight excluding hydrogens is 321 g/mol. The van der Waals surface area contributed by atoms with Crippen molar-refractivity contribution in [1.29, 1.82) is 0 Å². The van der Waals surface area contributed by atoms with E-state index in [9.17, 15) is 9.18 Å². The monoisotopic (exact) mass is 335 g/mol. The van der Waals surface area contributed by atoms with Gasteiger partial charge in [0.15, 0.2) is 0 Å². The van der Waals surface area contributed by atoms with Crippen molar-refractivity contribution in [3.05, 3.63) is 69.4 Å². The fraction of sp³-hybridized carbons (Fsp3) is 0.188. The number of benzene rings is 2. The van der Waals surface area contributed by atoms with Crippen LogP contribution in [-0.4, -0.2) is 5.91 Å². The van der Waals surface area contributed by atoms with Crippen LogP contribution in [0.1, 0.15) is 34.5 Å². The van der Waals surface area contributed by atoms with E-state index in [0.29, 0.717) is 11.1 Å². The molecule has 0 saturated carbocycles. The van der Waals surface area contributed by atoms with Crippen LogP contribution >= 0.6 is 15.9 Å². The van der Waals surface area contributed by atoms with Crippen molar-refractivity contribution in [2.45, 2.75) is 19.9 Å². The molecule has 0 saturated heterocycles. The van der Waals surface area contributed by atoms with Crippen molar-refractivity contribution in [3.63, 3.8) is 0 Å². The number of halogens is 2. The summed E-state index contributed by atoms with van der Waals surface area (Å²) in [5, 5.41) is 2.90. The minimum absolute atomic E-state index is 0.110. The topological polar surface area (TPSA) is 29.1 Å². The second-order valence-corrected chi connectivity index (χ2v) is 5.63. The Hall–Kier alpha value is -1.68. The standard InChI is InChI=1S/C16H15BrFNO/c1-10-9-13(5-8-15(10)18)16(20)19-11(2)12-3-6-14(17)7-4-12/h3-9,11H,1-2H3,(H,19,20)/t11-/m1/s1. The first kappa shape index (κ1) is 14.7. The molecule has 0 bridgehead atoms. The molecule has 0 heterocycles. The molecule has 0 unspecified atom stereocenters. The van der Waals surface area contributed by atoms with Crippen LogP contribution < -0.4 is 5.32 Å². The van der Waals surface area contributed by atoms with Gasteiger partial charge in [-0.2, -0.15) is 0 Å². The third kappa shape index (κ3) is 3.45. The molecule has 0 fully saturated rings. The zero-order chi connectivity index (χ0) is 14.7. The minimum atomic E-state index is -0.303. The molecule has 2 aromatic carbocycles. The minimum Gasteiger partial charge on any atom is -0.346 e. The molecule has 104 valence electrons. The van der Waals surface area contributed by atoms with E-state index in [-0.39, 0.29) is 17.8 Å². The Kier molecular flexibility index (Phi) is 4.55. The molecule has 20 heavy (non-hydrogen) atoms. The van der Waals surface area contributed by atoms with Crippen LogP contribution in [-0.2, 0) is 0 Å². The lowest BCUT2D eigenvalue weighted by atomic mass is 10.1. The van der Waals surface area contributed by atoms with Gasteiger partial charge in [0.1, 0.15) is 5.82 Å². The van der Waals surface area contributed by atoms with E-state index in [1.54, 1.807) is 13.0 Å². The van der Waals surface area contributed by atoms with Gasteiger partial charge in [0.05, 0.1) is 6.04 Å². The number of amides is 1. The highest BCUT2D eigenvalue weighted by molar-refractivity contribution is 9.10. The maximum Gasteiger partial charge on any atom is 0.251 e.